The molecule has 0 spiro atoms. The second-order valence-corrected chi connectivity index (χ2v) is 4.79. The van der Waals surface area contributed by atoms with Crippen LogP contribution in [0.3, 0.4) is 0 Å². The maximum absolute atomic E-state index is 11.8. The highest BCUT2D eigenvalue weighted by molar-refractivity contribution is 5.94. The molecule has 0 aromatic carbocycles. The van der Waals surface area contributed by atoms with Gasteiger partial charge in [0.1, 0.15) is 5.56 Å². The number of carboxylic acids is 1. The standard InChI is InChI=1S/C13H18N2O4/c1-4-13(3,12(18)19)7-14-10(16)9-6-5-8(2)15-11(9)17/h5-6H,4,7H2,1-3H3,(H,14,16)(H,15,17)(H,18,19). The molecule has 0 aliphatic rings. The highest BCUT2D eigenvalue weighted by atomic mass is 16.4. The van der Waals surface area contributed by atoms with Crippen LogP contribution >= 0.6 is 0 Å². The van der Waals surface area contributed by atoms with Gasteiger partial charge in [0, 0.05) is 12.2 Å². The molecule has 0 aliphatic heterocycles. The van der Waals surface area contributed by atoms with Crippen molar-refractivity contribution in [2.75, 3.05) is 6.54 Å². The lowest BCUT2D eigenvalue weighted by atomic mass is 9.87. The second-order valence-electron chi connectivity index (χ2n) is 4.79. The van der Waals surface area contributed by atoms with E-state index in [-0.39, 0.29) is 12.1 Å². The third-order valence-corrected chi connectivity index (χ3v) is 3.24. The highest BCUT2D eigenvalue weighted by Crippen LogP contribution is 2.19. The minimum atomic E-state index is -1.03. The molecule has 0 bridgehead atoms. The fraction of sp³-hybridized carbons (Fsp3) is 0.462. The summed E-state index contributed by atoms with van der Waals surface area (Å²) in [5.74, 6) is -1.55. The van der Waals surface area contributed by atoms with Crippen molar-refractivity contribution in [1.29, 1.82) is 0 Å². The highest BCUT2D eigenvalue weighted by Gasteiger charge is 2.31. The minimum Gasteiger partial charge on any atom is -0.481 e. The molecule has 104 valence electrons. The Labute approximate surface area is 110 Å². The van der Waals surface area contributed by atoms with Crippen molar-refractivity contribution in [3.8, 4) is 0 Å². The molecule has 6 nitrogen and oxygen atoms in total. The number of aromatic amines is 1. The summed E-state index contributed by atoms with van der Waals surface area (Å²) in [6.07, 6.45) is 0.382. The minimum absolute atomic E-state index is 0.0190. The van der Waals surface area contributed by atoms with Crippen LogP contribution in [0.5, 0.6) is 0 Å². The van der Waals surface area contributed by atoms with Crippen molar-refractivity contribution < 1.29 is 14.7 Å². The molecule has 0 radical (unpaired) electrons. The molecule has 1 aromatic rings. The summed E-state index contributed by atoms with van der Waals surface area (Å²) in [4.78, 5) is 37.0. The summed E-state index contributed by atoms with van der Waals surface area (Å²) in [6.45, 7) is 4.97. The lowest BCUT2D eigenvalue weighted by Crippen LogP contribution is -2.41. The first-order valence-corrected chi connectivity index (χ1v) is 6.01. The van der Waals surface area contributed by atoms with E-state index in [0.717, 1.165) is 0 Å². The van der Waals surface area contributed by atoms with Crippen molar-refractivity contribution in [2.24, 2.45) is 5.41 Å². The molecule has 1 amide bonds. The van der Waals surface area contributed by atoms with Gasteiger partial charge in [-0.15, -0.1) is 0 Å². The Hall–Kier alpha value is -2.11. The molecule has 0 fully saturated rings. The maximum Gasteiger partial charge on any atom is 0.311 e. The largest absolute Gasteiger partial charge is 0.481 e. The zero-order valence-electron chi connectivity index (χ0n) is 11.2. The third kappa shape index (κ3) is 3.43. The number of aryl methyl sites for hydroxylation is 1. The maximum atomic E-state index is 11.8. The Bertz CT molecular complexity index is 550. The lowest BCUT2D eigenvalue weighted by molar-refractivity contribution is -0.147. The van der Waals surface area contributed by atoms with Gasteiger partial charge < -0.3 is 15.4 Å². The Balaban J connectivity index is 2.81. The quantitative estimate of drug-likeness (QED) is 0.737. The van der Waals surface area contributed by atoms with E-state index in [4.69, 9.17) is 5.11 Å². The first-order chi connectivity index (χ1) is 8.80. The number of nitrogens with one attached hydrogen (secondary N) is 2. The summed E-state index contributed by atoms with van der Waals surface area (Å²) < 4.78 is 0. The zero-order chi connectivity index (χ0) is 14.6. The van der Waals surface area contributed by atoms with Crippen LogP contribution in [-0.4, -0.2) is 28.5 Å². The number of H-pyrrole nitrogens is 1. The van der Waals surface area contributed by atoms with Crippen molar-refractivity contribution in [3.05, 3.63) is 33.7 Å². The zero-order valence-corrected chi connectivity index (χ0v) is 11.2. The predicted molar refractivity (Wildman–Crippen MR) is 70.2 cm³/mol. The predicted octanol–water partition coefficient (Wildman–Crippen LogP) is 0.914. The van der Waals surface area contributed by atoms with E-state index < -0.39 is 22.9 Å². The van der Waals surface area contributed by atoms with Crippen LogP contribution in [0, 0.1) is 12.3 Å². The van der Waals surface area contributed by atoms with Gasteiger partial charge >= 0.3 is 5.97 Å². The Morgan fingerprint density at radius 1 is 1.42 bits per heavy atom. The summed E-state index contributed by atoms with van der Waals surface area (Å²) in [6, 6.07) is 3.04. The summed E-state index contributed by atoms with van der Waals surface area (Å²) >= 11 is 0. The van der Waals surface area contributed by atoms with Crippen molar-refractivity contribution in [1.82, 2.24) is 10.3 Å². The van der Waals surface area contributed by atoms with Gasteiger partial charge in [-0.3, -0.25) is 14.4 Å². The van der Waals surface area contributed by atoms with Gasteiger partial charge in [0.05, 0.1) is 5.41 Å². The fourth-order valence-corrected chi connectivity index (χ4v) is 1.47. The van der Waals surface area contributed by atoms with E-state index in [1.807, 2.05) is 0 Å². The number of carbonyl (C=O) groups excluding carboxylic acids is 1. The van der Waals surface area contributed by atoms with Crippen molar-refractivity contribution >= 4 is 11.9 Å². The number of amides is 1. The molecular formula is C13H18N2O4. The number of aromatic nitrogens is 1. The second kappa shape index (κ2) is 5.69. The average Bonchev–Trinajstić information content (AvgIpc) is 2.35. The first kappa shape index (κ1) is 14.9. The molecule has 0 saturated heterocycles. The molecule has 19 heavy (non-hydrogen) atoms. The topological polar surface area (TPSA) is 99.3 Å². The van der Waals surface area contributed by atoms with Crippen molar-refractivity contribution in [3.63, 3.8) is 0 Å². The van der Waals surface area contributed by atoms with E-state index in [9.17, 15) is 14.4 Å². The van der Waals surface area contributed by atoms with Gasteiger partial charge in [-0.1, -0.05) is 6.92 Å². The number of hydrogen-bond acceptors (Lipinski definition) is 3. The number of pyridine rings is 1. The van der Waals surface area contributed by atoms with Gasteiger partial charge in [-0.25, -0.2) is 0 Å². The number of rotatable bonds is 5. The van der Waals surface area contributed by atoms with E-state index in [2.05, 4.69) is 10.3 Å². The third-order valence-electron chi connectivity index (χ3n) is 3.24. The van der Waals surface area contributed by atoms with Crippen LogP contribution in [0.15, 0.2) is 16.9 Å². The Kier molecular flexibility index (Phi) is 4.47. The van der Waals surface area contributed by atoms with E-state index in [1.165, 1.54) is 6.07 Å². The lowest BCUT2D eigenvalue weighted by Gasteiger charge is -2.23. The monoisotopic (exact) mass is 266 g/mol. The van der Waals surface area contributed by atoms with Crippen LogP contribution in [-0.2, 0) is 4.79 Å². The molecule has 1 atom stereocenters. The normalized spacial score (nSPS) is 13.6. The van der Waals surface area contributed by atoms with E-state index in [1.54, 1.807) is 26.8 Å². The molecule has 0 aliphatic carbocycles. The molecular weight excluding hydrogens is 248 g/mol. The van der Waals surface area contributed by atoms with E-state index >= 15 is 0 Å². The number of hydrogen-bond donors (Lipinski definition) is 3. The summed E-state index contributed by atoms with van der Waals surface area (Å²) in [5, 5.41) is 11.6. The molecule has 1 aromatic heterocycles. The molecule has 6 heteroatoms. The number of carbonyl (C=O) groups is 2. The SMILES string of the molecule is CCC(C)(CNC(=O)c1ccc(C)[nH]c1=O)C(=O)O. The number of aliphatic carboxylic acids is 1. The van der Waals surface area contributed by atoms with Crippen LogP contribution in [0.1, 0.15) is 36.3 Å². The van der Waals surface area contributed by atoms with Crippen LogP contribution in [0.2, 0.25) is 0 Å². The molecule has 1 rings (SSSR count). The Morgan fingerprint density at radius 3 is 2.53 bits per heavy atom. The van der Waals surface area contributed by atoms with Gasteiger partial charge in [-0.2, -0.15) is 0 Å². The fourth-order valence-electron chi connectivity index (χ4n) is 1.47. The summed E-state index contributed by atoms with van der Waals surface area (Å²) in [5.41, 5.74) is -0.876. The average molecular weight is 266 g/mol. The molecule has 3 N–H and O–H groups in total. The Morgan fingerprint density at radius 2 is 2.05 bits per heavy atom. The number of carboxylic acid groups (broad SMARTS) is 1. The van der Waals surface area contributed by atoms with Gasteiger partial charge in [-0.05, 0) is 32.4 Å². The molecule has 0 saturated carbocycles. The van der Waals surface area contributed by atoms with E-state index in [0.29, 0.717) is 12.1 Å². The van der Waals surface area contributed by atoms with Crippen molar-refractivity contribution in [2.45, 2.75) is 27.2 Å². The first-order valence-electron chi connectivity index (χ1n) is 6.01. The van der Waals surface area contributed by atoms with Gasteiger partial charge in [0.25, 0.3) is 11.5 Å². The van der Waals surface area contributed by atoms with Gasteiger partial charge in [0.15, 0.2) is 0 Å². The molecule has 1 unspecified atom stereocenters. The van der Waals surface area contributed by atoms with Crippen LogP contribution < -0.4 is 10.9 Å². The molecule has 1 heterocycles. The van der Waals surface area contributed by atoms with Crippen LogP contribution in [0.4, 0.5) is 0 Å². The summed E-state index contributed by atoms with van der Waals surface area (Å²) in [7, 11) is 0. The van der Waals surface area contributed by atoms with Crippen LogP contribution in [0.25, 0.3) is 0 Å². The van der Waals surface area contributed by atoms with Gasteiger partial charge in [0.2, 0.25) is 0 Å². The smallest absolute Gasteiger partial charge is 0.311 e.